The summed E-state index contributed by atoms with van der Waals surface area (Å²) >= 11 is 0. The van der Waals surface area contributed by atoms with Gasteiger partial charge in [-0.05, 0) is 68.9 Å². The number of amides is 1. The quantitative estimate of drug-likeness (QED) is 0.286. The average Bonchev–Trinajstić information content (AvgIpc) is 3.47. The van der Waals surface area contributed by atoms with Crippen LogP contribution in [-0.4, -0.2) is 35.7 Å². The first-order chi connectivity index (χ1) is 18.3. The Morgan fingerprint density at radius 2 is 1.85 bits per heavy atom. The highest BCUT2D eigenvalue weighted by molar-refractivity contribution is 6.04. The van der Waals surface area contributed by atoms with E-state index in [9.17, 15) is 18.0 Å². The van der Waals surface area contributed by atoms with Gasteiger partial charge in [-0.15, -0.1) is 5.10 Å². The van der Waals surface area contributed by atoms with Gasteiger partial charge in [-0.1, -0.05) is 25.5 Å². The Labute approximate surface area is 225 Å². The molecule has 1 N–H and O–H groups in total. The molecule has 11 heteroatoms. The van der Waals surface area contributed by atoms with Crippen LogP contribution < -0.4 is 5.32 Å². The Morgan fingerprint density at radius 1 is 1.10 bits per heavy atom. The van der Waals surface area contributed by atoms with E-state index in [2.05, 4.69) is 39.6 Å². The number of carbonyl (C=O) groups is 1. The zero-order chi connectivity index (χ0) is 28.5. The number of carbonyl (C=O) groups excluding carboxylic acids is 1. The standard InChI is InChI=1S/C28H32F3N7O/c1-16(2)8-7-9-20-10-22(12-24(17(20)3)28(29,30)31)34-27(39)21-11-26(18(4)32-13-21)38-15-25(35-36-38)23-14-33-37(6)19(23)5/h10-16H,7-9H2,1-6H3,(H,34,39). The molecule has 39 heavy (non-hydrogen) atoms. The number of pyridine rings is 1. The van der Waals surface area contributed by atoms with Gasteiger partial charge in [-0.2, -0.15) is 18.3 Å². The molecule has 3 aromatic heterocycles. The van der Waals surface area contributed by atoms with E-state index in [0.29, 0.717) is 35.0 Å². The Hall–Kier alpha value is -4.02. The molecule has 0 radical (unpaired) electrons. The summed E-state index contributed by atoms with van der Waals surface area (Å²) < 4.78 is 44.7. The third-order valence-electron chi connectivity index (χ3n) is 6.88. The molecule has 0 aliphatic rings. The van der Waals surface area contributed by atoms with Crippen LogP contribution in [0, 0.1) is 26.7 Å². The third kappa shape index (κ3) is 6.18. The van der Waals surface area contributed by atoms with Crippen LogP contribution in [0.5, 0.6) is 0 Å². The van der Waals surface area contributed by atoms with E-state index in [1.54, 1.807) is 36.1 Å². The zero-order valence-electron chi connectivity index (χ0n) is 22.9. The van der Waals surface area contributed by atoms with Crippen molar-refractivity contribution in [2.24, 2.45) is 13.0 Å². The van der Waals surface area contributed by atoms with Crippen LogP contribution in [0.25, 0.3) is 16.9 Å². The number of anilines is 1. The molecule has 0 aliphatic carbocycles. The van der Waals surface area contributed by atoms with Crippen molar-refractivity contribution >= 4 is 11.6 Å². The lowest BCUT2D eigenvalue weighted by Crippen LogP contribution is -2.16. The number of halogens is 3. The molecule has 206 valence electrons. The van der Waals surface area contributed by atoms with Crippen molar-refractivity contribution in [3.05, 3.63) is 70.4 Å². The molecule has 0 saturated heterocycles. The minimum absolute atomic E-state index is 0.0923. The minimum atomic E-state index is -4.53. The number of nitrogens with one attached hydrogen (secondary N) is 1. The molecular weight excluding hydrogens is 507 g/mol. The summed E-state index contributed by atoms with van der Waals surface area (Å²) in [5.74, 6) is -0.120. The molecule has 1 aromatic carbocycles. The molecule has 3 heterocycles. The number of nitrogens with zero attached hydrogens (tertiary/aromatic N) is 6. The highest BCUT2D eigenvalue weighted by Gasteiger charge is 2.34. The summed E-state index contributed by atoms with van der Waals surface area (Å²) in [6.45, 7) is 9.33. The topological polar surface area (TPSA) is 90.5 Å². The molecular formula is C28H32F3N7O. The van der Waals surface area contributed by atoms with Crippen LogP contribution in [0.3, 0.4) is 0 Å². The number of hydrogen-bond donors (Lipinski definition) is 1. The summed E-state index contributed by atoms with van der Waals surface area (Å²) in [6.07, 6.45) is 2.43. The first kappa shape index (κ1) is 28.0. The number of alkyl halides is 3. The second-order valence-corrected chi connectivity index (χ2v) is 10.2. The molecule has 0 spiro atoms. The largest absolute Gasteiger partial charge is 0.416 e. The van der Waals surface area contributed by atoms with Crippen LogP contribution in [0.2, 0.25) is 0 Å². The second-order valence-electron chi connectivity index (χ2n) is 10.2. The van der Waals surface area contributed by atoms with Crippen molar-refractivity contribution in [2.45, 2.75) is 60.1 Å². The van der Waals surface area contributed by atoms with Gasteiger partial charge in [0.1, 0.15) is 5.69 Å². The lowest BCUT2D eigenvalue weighted by molar-refractivity contribution is -0.138. The van der Waals surface area contributed by atoms with E-state index in [0.717, 1.165) is 30.2 Å². The van der Waals surface area contributed by atoms with Crippen molar-refractivity contribution in [1.82, 2.24) is 29.8 Å². The number of benzene rings is 1. The SMILES string of the molecule is Cc1ncc(C(=O)Nc2cc(CCCC(C)C)c(C)c(C(F)(F)F)c2)cc1-n1cc(-c2cnn(C)c2C)nn1. The van der Waals surface area contributed by atoms with Crippen molar-refractivity contribution in [2.75, 3.05) is 5.32 Å². The average molecular weight is 540 g/mol. The molecule has 0 saturated carbocycles. The highest BCUT2D eigenvalue weighted by Crippen LogP contribution is 2.36. The fourth-order valence-corrected chi connectivity index (χ4v) is 4.44. The predicted octanol–water partition coefficient (Wildman–Crippen LogP) is 6.24. The van der Waals surface area contributed by atoms with Crippen molar-refractivity contribution in [3.63, 3.8) is 0 Å². The first-order valence-electron chi connectivity index (χ1n) is 12.8. The molecule has 8 nitrogen and oxygen atoms in total. The van der Waals surface area contributed by atoms with E-state index < -0.39 is 17.6 Å². The maximum Gasteiger partial charge on any atom is 0.416 e. The van der Waals surface area contributed by atoms with Gasteiger partial charge in [0.2, 0.25) is 0 Å². The summed E-state index contributed by atoms with van der Waals surface area (Å²) in [5.41, 5.74) is 3.78. The summed E-state index contributed by atoms with van der Waals surface area (Å²) in [7, 11) is 1.83. The van der Waals surface area contributed by atoms with E-state index in [4.69, 9.17) is 0 Å². The summed E-state index contributed by atoms with van der Waals surface area (Å²) in [6, 6.07) is 4.21. The third-order valence-corrected chi connectivity index (χ3v) is 6.88. The normalized spacial score (nSPS) is 11.8. The molecule has 4 rings (SSSR count). The molecule has 0 atom stereocenters. The van der Waals surface area contributed by atoms with Crippen molar-refractivity contribution in [1.29, 1.82) is 0 Å². The van der Waals surface area contributed by atoms with Crippen LogP contribution in [-0.2, 0) is 19.6 Å². The van der Waals surface area contributed by atoms with Crippen LogP contribution in [0.1, 0.15) is 65.1 Å². The molecule has 0 bridgehead atoms. The Kier molecular flexibility index (Phi) is 7.89. The summed E-state index contributed by atoms with van der Waals surface area (Å²) in [4.78, 5) is 17.5. The fourth-order valence-electron chi connectivity index (χ4n) is 4.44. The lowest BCUT2D eigenvalue weighted by atomic mass is 9.95. The molecule has 1 amide bonds. The smallest absolute Gasteiger partial charge is 0.322 e. The molecule has 0 fully saturated rings. The Bertz CT molecular complexity index is 1500. The van der Waals surface area contributed by atoms with E-state index >= 15 is 0 Å². The van der Waals surface area contributed by atoms with E-state index in [1.807, 2.05) is 14.0 Å². The van der Waals surface area contributed by atoms with Gasteiger partial charge in [-0.3, -0.25) is 14.5 Å². The number of hydrogen-bond acceptors (Lipinski definition) is 5. The number of rotatable bonds is 8. The van der Waals surface area contributed by atoms with Crippen LogP contribution in [0.15, 0.2) is 36.8 Å². The maximum absolute atomic E-state index is 13.8. The van der Waals surface area contributed by atoms with Gasteiger partial charge in [0.25, 0.3) is 5.91 Å². The lowest BCUT2D eigenvalue weighted by Gasteiger charge is -2.18. The fraction of sp³-hybridized carbons (Fsp3) is 0.393. The number of aromatic nitrogens is 6. The Balaban J connectivity index is 1.62. The van der Waals surface area contributed by atoms with Crippen molar-refractivity contribution < 1.29 is 18.0 Å². The molecule has 4 aromatic rings. The van der Waals surface area contributed by atoms with Gasteiger partial charge in [0, 0.05) is 30.2 Å². The molecule has 0 aliphatic heterocycles. The van der Waals surface area contributed by atoms with Gasteiger partial charge >= 0.3 is 6.18 Å². The highest BCUT2D eigenvalue weighted by atomic mass is 19.4. The number of aryl methyl sites for hydroxylation is 3. The van der Waals surface area contributed by atoms with Crippen LogP contribution in [0.4, 0.5) is 18.9 Å². The maximum atomic E-state index is 13.8. The predicted molar refractivity (Wildman–Crippen MR) is 143 cm³/mol. The van der Waals surface area contributed by atoms with Gasteiger partial charge in [0.15, 0.2) is 0 Å². The Morgan fingerprint density at radius 3 is 2.49 bits per heavy atom. The monoisotopic (exact) mass is 539 g/mol. The first-order valence-corrected chi connectivity index (χ1v) is 12.8. The van der Waals surface area contributed by atoms with E-state index in [1.165, 1.54) is 17.8 Å². The van der Waals surface area contributed by atoms with Crippen molar-refractivity contribution in [3.8, 4) is 16.9 Å². The molecule has 0 unspecified atom stereocenters. The zero-order valence-corrected chi connectivity index (χ0v) is 22.9. The minimum Gasteiger partial charge on any atom is -0.322 e. The van der Waals surface area contributed by atoms with Crippen LogP contribution >= 0.6 is 0 Å². The van der Waals surface area contributed by atoms with Gasteiger partial charge < -0.3 is 5.32 Å². The summed E-state index contributed by atoms with van der Waals surface area (Å²) in [5, 5.41) is 15.3. The second kappa shape index (κ2) is 11.0. The van der Waals surface area contributed by atoms with Gasteiger partial charge in [-0.25, -0.2) is 4.68 Å². The van der Waals surface area contributed by atoms with Gasteiger partial charge in [0.05, 0.1) is 34.9 Å². The van der Waals surface area contributed by atoms with E-state index in [-0.39, 0.29) is 16.8 Å².